The van der Waals surface area contributed by atoms with Gasteiger partial charge in [0, 0.05) is 42.3 Å². The van der Waals surface area contributed by atoms with Crippen LogP contribution in [0.15, 0.2) is 155 Å². The lowest BCUT2D eigenvalue weighted by atomic mass is 9.82. The van der Waals surface area contributed by atoms with Crippen LogP contribution in [-0.2, 0) is 11.2 Å². The second-order valence-corrected chi connectivity index (χ2v) is 14.1. The molecule has 2 aliphatic carbocycles. The number of rotatable bonds is 4. The molecular formula is C42H26Br2N2O2. The number of hydrogen-bond donors (Lipinski definition) is 2. The number of halogens is 2. The molecule has 0 aliphatic heterocycles. The van der Waals surface area contributed by atoms with Crippen LogP contribution in [0, 0.1) is 0 Å². The third-order valence-corrected chi connectivity index (χ3v) is 10.6. The Labute approximate surface area is 294 Å². The average Bonchev–Trinajstić information content (AvgIpc) is 3.53. The van der Waals surface area contributed by atoms with Gasteiger partial charge in [0.1, 0.15) is 11.4 Å². The summed E-state index contributed by atoms with van der Waals surface area (Å²) in [4.78, 5) is 10.7. The van der Waals surface area contributed by atoms with E-state index in [1.165, 1.54) is 0 Å². The number of aliphatic hydroxyl groups is 2. The van der Waals surface area contributed by atoms with Crippen molar-refractivity contribution in [3.05, 3.63) is 188 Å². The third kappa shape index (κ3) is 4.13. The van der Waals surface area contributed by atoms with Gasteiger partial charge in [-0.05, 0) is 46.5 Å². The summed E-state index contributed by atoms with van der Waals surface area (Å²) in [7, 11) is 0. The van der Waals surface area contributed by atoms with E-state index < -0.39 is 11.2 Å². The molecule has 6 heteroatoms. The molecular weight excluding hydrogens is 724 g/mol. The molecule has 2 N–H and O–H groups in total. The molecule has 2 unspecified atom stereocenters. The normalized spacial score (nSPS) is 18.6. The molecule has 48 heavy (non-hydrogen) atoms. The Morgan fingerprint density at radius 1 is 0.396 bits per heavy atom. The van der Waals surface area contributed by atoms with Crippen molar-refractivity contribution in [2.24, 2.45) is 0 Å². The summed E-state index contributed by atoms with van der Waals surface area (Å²) < 4.78 is 1.67. The van der Waals surface area contributed by atoms with Gasteiger partial charge in [-0.1, -0.05) is 153 Å². The van der Waals surface area contributed by atoms with Gasteiger partial charge in [-0.3, -0.25) is 0 Å². The number of hydrogen-bond acceptors (Lipinski definition) is 4. The lowest BCUT2D eigenvalue weighted by molar-refractivity contribution is 0.122. The number of benzene rings is 6. The van der Waals surface area contributed by atoms with Crippen molar-refractivity contribution in [1.82, 2.24) is 9.97 Å². The molecule has 9 rings (SSSR count). The molecule has 0 saturated heterocycles. The van der Waals surface area contributed by atoms with Crippen LogP contribution in [0.25, 0.3) is 44.8 Å². The minimum absolute atomic E-state index is 0.437. The van der Waals surface area contributed by atoms with Crippen LogP contribution in [0.3, 0.4) is 0 Å². The second kappa shape index (κ2) is 10.9. The quantitative estimate of drug-likeness (QED) is 0.188. The van der Waals surface area contributed by atoms with E-state index >= 15 is 0 Å². The highest BCUT2D eigenvalue weighted by molar-refractivity contribution is 9.10. The van der Waals surface area contributed by atoms with Crippen LogP contribution >= 0.6 is 31.9 Å². The maximum Gasteiger partial charge on any atom is 0.160 e. The summed E-state index contributed by atoms with van der Waals surface area (Å²) in [6.45, 7) is 0. The highest BCUT2D eigenvalue weighted by atomic mass is 79.9. The molecule has 0 amide bonds. The first-order chi connectivity index (χ1) is 23.4. The average molecular weight is 750 g/mol. The summed E-state index contributed by atoms with van der Waals surface area (Å²) >= 11 is 7.32. The first-order valence-electron chi connectivity index (χ1n) is 15.7. The Morgan fingerprint density at radius 2 is 0.771 bits per heavy atom. The molecule has 4 nitrogen and oxygen atoms in total. The zero-order valence-corrected chi connectivity index (χ0v) is 28.6. The third-order valence-electron chi connectivity index (χ3n) is 9.64. The van der Waals surface area contributed by atoms with Gasteiger partial charge in [-0.15, -0.1) is 0 Å². The van der Waals surface area contributed by atoms with E-state index in [0.717, 1.165) is 42.3 Å². The zero-order chi connectivity index (χ0) is 32.6. The van der Waals surface area contributed by atoms with E-state index in [1.807, 2.05) is 146 Å². The minimum atomic E-state index is -1.62. The monoisotopic (exact) mass is 748 g/mol. The first kappa shape index (κ1) is 29.4. The summed E-state index contributed by atoms with van der Waals surface area (Å²) in [5.41, 5.74) is 6.82. The SMILES string of the molecule is OC1(c2ccccc2-c2ccccc2)c2cc(Br)ccc2-c2nc3c(nc21)-c1ccc(Br)cc1C3(O)c1ccccc1-c1ccccc1. The fraction of sp³-hybridized carbons (Fsp3) is 0.0476. The van der Waals surface area contributed by atoms with Crippen molar-refractivity contribution in [2.45, 2.75) is 11.2 Å². The standard InChI is InChI=1S/C42H26Br2N2O2/c43-27-19-21-31-35(23-27)41(47,33-17-9-7-15-29(33)25-11-3-1-4-12-25)39-37(31)46-40-38(45-39)32-22-20-28(44)24-36(32)42(40,48)34-18-10-8-16-30(34)26-13-5-2-6-14-26/h1-24,47-48H. The first-order valence-corrected chi connectivity index (χ1v) is 17.3. The zero-order valence-electron chi connectivity index (χ0n) is 25.4. The van der Waals surface area contributed by atoms with E-state index in [0.29, 0.717) is 45.0 Å². The van der Waals surface area contributed by atoms with Gasteiger partial charge >= 0.3 is 0 Å². The molecule has 0 fully saturated rings. The molecule has 7 aromatic rings. The Bertz CT molecular complexity index is 2240. The van der Waals surface area contributed by atoms with Gasteiger partial charge in [-0.2, -0.15) is 0 Å². The van der Waals surface area contributed by atoms with Gasteiger partial charge in [-0.25, -0.2) is 9.97 Å². The Morgan fingerprint density at radius 3 is 1.19 bits per heavy atom. The largest absolute Gasteiger partial charge is 0.374 e. The van der Waals surface area contributed by atoms with Gasteiger partial charge in [0.15, 0.2) is 11.2 Å². The van der Waals surface area contributed by atoms with Crippen molar-refractivity contribution in [3.8, 4) is 44.8 Å². The number of aromatic nitrogens is 2. The molecule has 6 aromatic carbocycles. The molecule has 2 atom stereocenters. The Hall–Kier alpha value is -4.72. The van der Waals surface area contributed by atoms with Gasteiger partial charge in [0.25, 0.3) is 0 Å². The summed E-state index contributed by atoms with van der Waals surface area (Å²) in [6.07, 6.45) is 0. The van der Waals surface area contributed by atoms with Gasteiger partial charge in [0.2, 0.25) is 0 Å². The lowest BCUT2D eigenvalue weighted by Gasteiger charge is -2.29. The lowest BCUT2D eigenvalue weighted by Crippen LogP contribution is -2.30. The van der Waals surface area contributed by atoms with Crippen LogP contribution in [0.5, 0.6) is 0 Å². The molecule has 0 saturated carbocycles. The van der Waals surface area contributed by atoms with E-state index in [1.54, 1.807) is 0 Å². The van der Waals surface area contributed by atoms with Crippen LogP contribution in [-0.4, -0.2) is 20.2 Å². The molecule has 0 radical (unpaired) electrons. The predicted octanol–water partition coefficient (Wildman–Crippen LogP) is 9.86. The van der Waals surface area contributed by atoms with E-state index in [4.69, 9.17) is 9.97 Å². The van der Waals surface area contributed by atoms with Crippen LogP contribution < -0.4 is 0 Å². The fourth-order valence-electron chi connectivity index (χ4n) is 7.50. The predicted molar refractivity (Wildman–Crippen MR) is 196 cm³/mol. The van der Waals surface area contributed by atoms with Crippen molar-refractivity contribution in [1.29, 1.82) is 0 Å². The minimum Gasteiger partial charge on any atom is -0.374 e. The van der Waals surface area contributed by atoms with E-state index in [9.17, 15) is 10.2 Å². The highest BCUT2D eigenvalue weighted by Gasteiger charge is 2.52. The van der Waals surface area contributed by atoms with Crippen LogP contribution in [0.1, 0.15) is 33.6 Å². The van der Waals surface area contributed by atoms with E-state index in [-0.39, 0.29) is 0 Å². The molecule has 1 aromatic heterocycles. The topological polar surface area (TPSA) is 66.2 Å². The van der Waals surface area contributed by atoms with Crippen molar-refractivity contribution in [3.63, 3.8) is 0 Å². The van der Waals surface area contributed by atoms with Gasteiger partial charge < -0.3 is 10.2 Å². The second-order valence-electron chi connectivity index (χ2n) is 12.2. The number of nitrogens with zero attached hydrogens (tertiary/aromatic N) is 2. The Balaban J connectivity index is 1.36. The van der Waals surface area contributed by atoms with Crippen molar-refractivity contribution in [2.75, 3.05) is 0 Å². The summed E-state index contributed by atoms with van der Waals surface area (Å²) in [5, 5.41) is 26.4. The molecule has 0 spiro atoms. The molecule has 2 aliphatic rings. The smallest absolute Gasteiger partial charge is 0.160 e. The fourth-order valence-corrected chi connectivity index (χ4v) is 8.22. The van der Waals surface area contributed by atoms with E-state index in [2.05, 4.69) is 31.9 Å². The van der Waals surface area contributed by atoms with Gasteiger partial charge in [0.05, 0.1) is 11.4 Å². The summed E-state index contributed by atoms with van der Waals surface area (Å²) in [6, 6.07) is 47.8. The number of fused-ring (bicyclic) bond motifs is 6. The molecule has 1 heterocycles. The van der Waals surface area contributed by atoms with Crippen molar-refractivity contribution < 1.29 is 10.2 Å². The summed E-state index contributed by atoms with van der Waals surface area (Å²) in [5.74, 6) is 0. The molecule has 0 bridgehead atoms. The van der Waals surface area contributed by atoms with Crippen LogP contribution in [0.4, 0.5) is 0 Å². The van der Waals surface area contributed by atoms with Crippen LogP contribution in [0.2, 0.25) is 0 Å². The Kier molecular flexibility index (Phi) is 6.68. The molecule has 230 valence electrons. The maximum atomic E-state index is 13.2. The maximum absolute atomic E-state index is 13.2. The highest BCUT2D eigenvalue weighted by Crippen LogP contribution is 2.57. The van der Waals surface area contributed by atoms with Crippen molar-refractivity contribution >= 4 is 31.9 Å².